The summed E-state index contributed by atoms with van der Waals surface area (Å²) >= 11 is 0. The average molecular weight is 416 g/mol. The van der Waals surface area contributed by atoms with Crippen molar-refractivity contribution in [2.24, 2.45) is 0 Å². The van der Waals surface area contributed by atoms with E-state index >= 15 is 0 Å². The van der Waals surface area contributed by atoms with E-state index in [-0.39, 0.29) is 0 Å². The molecule has 0 aromatic heterocycles. The van der Waals surface area contributed by atoms with Crippen LogP contribution in [0.4, 0.5) is 5.69 Å². The summed E-state index contributed by atoms with van der Waals surface area (Å²) < 4.78 is 4.97. The molecule has 5 nitrogen and oxygen atoms in total. The molecule has 0 heterocycles. The molecule has 2 aromatic carbocycles. The van der Waals surface area contributed by atoms with E-state index in [1.165, 1.54) is 6.08 Å². The van der Waals surface area contributed by atoms with E-state index in [4.69, 9.17) is 4.74 Å². The summed E-state index contributed by atoms with van der Waals surface area (Å²) in [5.41, 5.74) is 0.252. The molecule has 0 aliphatic carbocycles. The lowest BCUT2D eigenvalue weighted by atomic mass is 9.77. The Hall–Kier alpha value is -3.57. The van der Waals surface area contributed by atoms with Crippen LogP contribution in [-0.2, 0) is 9.53 Å². The summed E-state index contributed by atoms with van der Waals surface area (Å²) in [6.07, 6.45) is 5.20. The fourth-order valence-electron chi connectivity index (χ4n) is 3.65. The standard InChI is InChI=1S/C26H29N3O2/c1-3-5-19-29(23-15-10-7-11-16-23)26(20-27,21-28)24(22-13-8-6-9-14-22)17-12-18-25(30)31-4-2/h6-16,18,24H,3-5,17,19H2,1-2H3/b18-12+. The minimum atomic E-state index is -1.45. The van der Waals surface area contributed by atoms with Crippen molar-refractivity contribution in [1.29, 1.82) is 10.5 Å². The maximum Gasteiger partial charge on any atom is 0.330 e. The molecule has 0 fully saturated rings. The van der Waals surface area contributed by atoms with Gasteiger partial charge in [-0.05, 0) is 37.5 Å². The van der Waals surface area contributed by atoms with Gasteiger partial charge in [0.05, 0.1) is 6.61 Å². The fraction of sp³-hybridized carbons (Fsp3) is 0.346. The predicted molar refractivity (Wildman–Crippen MR) is 122 cm³/mol. The molecule has 5 heteroatoms. The highest BCUT2D eigenvalue weighted by Gasteiger charge is 2.45. The van der Waals surface area contributed by atoms with Crippen LogP contribution in [0.15, 0.2) is 72.8 Å². The molecule has 0 amide bonds. The van der Waals surface area contributed by atoms with Crippen molar-refractivity contribution in [3.63, 3.8) is 0 Å². The Balaban J connectivity index is 2.56. The number of benzene rings is 2. The van der Waals surface area contributed by atoms with Crippen molar-refractivity contribution in [1.82, 2.24) is 0 Å². The first kappa shape index (κ1) is 23.7. The second kappa shape index (κ2) is 12.2. The number of nitriles is 2. The van der Waals surface area contributed by atoms with Crippen molar-refractivity contribution in [2.75, 3.05) is 18.1 Å². The second-order valence-electron chi connectivity index (χ2n) is 7.18. The number of hydrogen-bond acceptors (Lipinski definition) is 5. The van der Waals surface area contributed by atoms with E-state index in [1.54, 1.807) is 13.0 Å². The number of allylic oxidation sites excluding steroid dienone is 1. The molecule has 31 heavy (non-hydrogen) atoms. The Morgan fingerprint density at radius 2 is 1.68 bits per heavy atom. The van der Waals surface area contributed by atoms with Gasteiger partial charge in [-0.2, -0.15) is 10.5 Å². The number of para-hydroxylation sites is 1. The zero-order valence-electron chi connectivity index (χ0n) is 18.2. The van der Waals surface area contributed by atoms with E-state index < -0.39 is 17.4 Å². The molecule has 160 valence electrons. The number of anilines is 1. The van der Waals surface area contributed by atoms with Crippen LogP contribution in [0.1, 0.15) is 44.6 Å². The van der Waals surface area contributed by atoms with Crippen LogP contribution in [0.2, 0.25) is 0 Å². The van der Waals surface area contributed by atoms with Crippen molar-refractivity contribution < 1.29 is 9.53 Å². The normalized spacial score (nSPS) is 12.0. The van der Waals surface area contributed by atoms with Crippen molar-refractivity contribution in [3.8, 4) is 12.1 Å². The molecule has 1 atom stereocenters. The lowest BCUT2D eigenvalue weighted by Crippen LogP contribution is -2.52. The van der Waals surface area contributed by atoms with Gasteiger partial charge in [-0.15, -0.1) is 0 Å². The van der Waals surface area contributed by atoms with Crippen LogP contribution < -0.4 is 4.90 Å². The summed E-state index contributed by atoms with van der Waals surface area (Å²) in [7, 11) is 0. The molecular formula is C26H29N3O2. The molecule has 0 radical (unpaired) electrons. The maximum atomic E-state index is 11.8. The minimum absolute atomic E-state index is 0.296. The minimum Gasteiger partial charge on any atom is -0.463 e. The largest absolute Gasteiger partial charge is 0.463 e. The predicted octanol–water partition coefficient (Wildman–Crippen LogP) is 5.37. The van der Waals surface area contributed by atoms with Gasteiger partial charge in [-0.3, -0.25) is 0 Å². The first-order valence-corrected chi connectivity index (χ1v) is 10.7. The third-order valence-corrected chi connectivity index (χ3v) is 5.19. The third-order valence-electron chi connectivity index (χ3n) is 5.19. The van der Waals surface area contributed by atoms with Crippen LogP contribution >= 0.6 is 0 Å². The Bertz CT molecular complexity index is 913. The molecule has 2 aromatic rings. The number of ether oxygens (including phenoxy) is 1. The van der Waals surface area contributed by atoms with E-state index in [2.05, 4.69) is 19.1 Å². The molecule has 0 N–H and O–H groups in total. The van der Waals surface area contributed by atoms with Crippen molar-refractivity contribution in [2.45, 2.75) is 44.6 Å². The van der Waals surface area contributed by atoms with Gasteiger partial charge in [0.15, 0.2) is 0 Å². The number of carbonyl (C=O) groups excluding carboxylic acids is 1. The maximum absolute atomic E-state index is 11.8. The number of rotatable bonds is 11. The van der Waals surface area contributed by atoms with E-state index in [0.717, 1.165) is 24.1 Å². The molecule has 0 aliphatic heterocycles. The van der Waals surface area contributed by atoms with Crippen LogP contribution in [0, 0.1) is 22.7 Å². The first-order valence-electron chi connectivity index (χ1n) is 10.7. The summed E-state index contributed by atoms with van der Waals surface area (Å²) in [6.45, 7) is 4.71. The van der Waals surface area contributed by atoms with Crippen LogP contribution in [-0.4, -0.2) is 24.7 Å². The van der Waals surface area contributed by atoms with Gasteiger partial charge in [0.2, 0.25) is 5.54 Å². The van der Waals surface area contributed by atoms with Gasteiger partial charge < -0.3 is 9.64 Å². The van der Waals surface area contributed by atoms with Gasteiger partial charge in [0.1, 0.15) is 12.1 Å². The molecular weight excluding hydrogens is 386 g/mol. The Morgan fingerprint density at radius 3 is 2.23 bits per heavy atom. The number of esters is 1. The first-order chi connectivity index (χ1) is 15.1. The third kappa shape index (κ3) is 5.96. The fourth-order valence-corrected chi connectivity index (χ4v) is 3.65. The van der Waals surface area contributed by atoms with Crippen LogP contribution in [0.25, 0.3) is 0 Å². The smallest absolute Gasteiger partial charge is 0.330 e. The van der Waals surface area contributed by atoms with E-state index in [1.807, 2.05) is 65.6 Å². The highest BCUT2D eigenvalue weighted by Crippen LogP contribution is 2.39. The molecule has 2 rings (SSSR count). The molecule has 1 unspecified atom stereocenters. The quantitative estimate of drug-likeness (QED) is 0.364. The number of hydrogen-bond donors (Lipinski definition) is 0. The van der Waals surface area contributed by atoms with Gasteiger partial charge in [0.25, 0.3) is 0 Å². The number of carbonyl (C=O) groups is 1. The summed E-state index contributed by atoms with van der Waals surface area (Å²) in [6, 6.07) is 23.8. The molecule has 0 spiro atoms. The Morgan fingerprint density at radius 1 is 1.06 bits per heavy atom. The van der Waals surface area contributed by atoms with E-state index in [0.29, 0.717) is 19.6 Å². The van der Waals surface area contributed by atoms with Crippen LogP contribution in [0.5, 0.6) is 0 Å². The number of unbranched alkanes of at least 4 members (excludes halogenated alkanes) is 1. The lowest BCUT2D eigenvalue weighted by molar-refractivity contribution is -0.137. The highest BCUT2D eigenvalue weighted by molar-refractivity contribution is 5.81. The topological polar surface area (TPSA) is 77.1 Å². The molecule has 0 saturated carbocycles. The average Bonchev–Trinajstić information content (AvgIpc) is 2.81. The van der Waals surface area contributed by atoms with E-state index in [9.17, 15) is 15.3 Å². The summed E-state index contributed by atoms with van der Waals surface area (Å²) in [4.78, 5) is 13.7. The second-order valence-corrected chi connectivity index (χ2v) is 7.18. The van der Waals surface area contributed by atoms with Gasteiger partial charge in [-0.1, -0.05) is 68.0 Å². The zero-order valence-corrected chi connectivity index (χ0v) is 18.2. The van der Waals surface area contributed by atoms with Gasteiger partial charge in [0, 0.05) is 24.2 Å². The molecule has 0 aliphatic rings. The lowest BCUT2D eigenvalue weighted by Gasteiger charge is -2.41. The molecule has 0 saturated heterocycles. The van der Waals surface area contributed by atoms with Gasteiger partial charge >= 0.3 is 5.97 Å². The van der Waals surface area contributed by atoms with Gasteiger partial charge in [-0.25, -0.2) is 4.79 Å². The Kier molecular flexibility index (Phi) is 9.33. The summed E-state index contributed by atoms with van der Waals surface area (Å²) in [5, 5.41) is 20.8. The van der Waals surface area contributed by atoms with Crippen molar-refractivity contribution >= 4 is 11.7 Å². The molecule has 0 bridgehead atoms. The summed E-state index contributed by atoms with van der Waals surface area (Å²) in [5.74, 6) is -0.897. The van der Waals surface area contributed by atoms with Crippen molar-refractivity contribution in [3.05, 3.63) is 78.4 Å². The zero-order chi connectivity index (χ0) is 22.5. The highest BCUT2D eigenvalue weighted by atomic mass is 16.5. The monoisotopic (exact) mass is 415 g/mol. The Labute approximate surface area is 185 Å². The SMILES string of the molecule is CCCCN(c1ccccc1)C(C#N)(C#N)C(C/C=C/C(=O)OCC)c1ccccc1. The number of nitrogens with zero attached hydrogens (tertiary/aromatic N) is 3. The van der Waals surface area contributed by atoms with Crippen LogP contribution in [0.3, 0.4) is 0 Å².